The molecule has 1 aliphatic rings. The van der Waals surface area contributed by atoms with Crippen molar-refractivity contribution in [3.8, 4) is 45.3 Å². The second-order valence-electron chi connectivity index (χ2n) is 17.7. The predicted octanol–water partition coefficient (Wildman–Crippen LogP) is 11.1. The van der Waals surface area contributed by atoms with Crippen LogP contribution >= 0.6 is 0 Å². The van der Waals surface area contributed by atoms with Crippen molar-refractivity contribution in [1.82, 2.24) is 0 Å². The molecule has 0 aromatic heterocycles. The molecular weight excluding hydrogens is 919 g/mol. The van der Waals surface area contributed by atoms with E-state index in [4.69, 9.17) is 23.7 Å². The van der Waals surface area contributed by atoms with Gasteiger partial charge in [0.25, 0.3) is 0 Å². The van der Waals surface area contributed by atoms with Gasteiger partial charge in [0.2, 0.25) is 0 Å². The van der Waals surface area contributed by atoms with Crippen molar-refractivity contribution >= 4 is 43.1 Å². The molecule has 0 unspecified atom stereocenters. The van der Waals surface area contributed by atoms with Crippen LogP contribution in [0.15, 0.2) is 206 Å². The lowest BCUT2D eigenvalue weighted by Gasteiger charge is -2.39. The maximum atomic E-state index is 7.18. The van der Waals surface area contributed by atoms with E-state index in [1.807, 2.05) is 0 Å². The maximum absolute atomic E-state index is 7.18. The molecule has 0 amide bonds. The quantitative estimate of drug-likeness (QED) is 0.165. The summed E-state index contributed by atoms with van der Waals surface area (Å²) in [5, 5.41) is 8.95. The predicted molar refractivity (Wildman–Crippen MR) is 277 cm³/mol. The van der Waals surface area contributed by atoms with E-state index < -0.39 is 0 Å². The van der Waals surface area contributed by atoms with Gasteiger partial charge in [0.15, 0.2) is 0 Å². The summed E-state index contributed by atoms with van der Waals surface area (Å²) in [6, 6.07) is 73.0. The number of rotatable bonds is 4. The largest absolute Gasteiger partial charge is 1.00 e. The first-order chi connectivity index (χ1) is 33.7. The number of halogens is 1. The smallest absolute Gasteiger partial charge is 0.137 e. The maximum Gasteiger partial charge on any atom is 0.137 e. The van der Waals surface area contributed by atoms with Crippen LogP contribution in [0.1, 0.15) is 11.1 Å². The summed E-state index contributed by atoms with van der Waals surface area (Å²) >= 11 is 0. The van der Waals surface area contributed by atoms with Gasteiger partial charge in [-0.3, -0.25) is 0 Å². The Labute approximate surface area is 414 Å². The van der Waals surface area contributed by atoms with Crippen LogP contribution in [0.5, 0.6) is 23.0 Å². The van der Waals surface area contributed by atoms with Crippen LogP contribution in [0.4, 0.5) is 0 Å². The van der Waals surface area contributed by atoms with Crippen molar-refractivity contribution in [2.75, 3.05) is 52.7 Å². The Morgan fingerprint density at radius 3 is 0.913 bits per heavy atom. The minimum Gasteiger partial charge on any atom is -1.00 e. The molecule has 69 heavy (non-hydrogen) atoms. The molecule has 0 spiro atoms. The van der Waals surface area contributed by atoms with Crippen molar-refractivity contribution in [3.05, 3.63) is 217 Å². The third kappa shape index (κ3) is 9.77. The van der Waals surface area contributed by atoms with E-state index >= 15 is 0 Å². The zero-order chi connectivity index (χ0) is 45.5. The highest BCUT2D eigenvalue weighted by atomic mass is 79.9. The first-order valence-electron chi connectivity index (χ1n) is 23.8. The van der Waals surface area contributed by atoms with Gasteiger partial charge < -0.3 is 45.1 Å². The van der Waals surface area contributed by atoms with Gasteiger partial charge in [-0.25, -0.2) is 0 Å². The molecular formula is C62H54BrNO5. The van der Waals surface area contributed by atoms with Crippen LogP contribution in [0, 0.1) is 0 Å². The number of hydrogen-bond donors (Lipinski definition) is 0. The molecule has 344 valence electrons. The molecule has 0 N–H and O–H groups in total. The second kappa shape index (κ2) is 21.0. The average Bonchev–Trinajstić information content (AvgIpc) is 3.38. The molecule has 10 aromatic rings. The fourth-order valence-electron chi connectivity index (χ4n) is 10.2. The third-order valence-electron chi connectivity index (χ3n) is 13.4. The Bertz CT molecular complexity index is 3140. The minimum absolute atomic E-state index is 0. The van der Waals surface area contributed by atoms with E-state index in [2.05, 4.69) is 206 Å². The Hall–Kier alpha value is -7.16. The minimum atomic E-state index is 0. The van der Waals surface area contributed by atoms with Crippen molar-refractivity contribution in [2.24, 2.45) is 0 Å². The lowest BCUT2D eigenvalue weighted by atomic mass is 9.92. The monoisotopic (exact) mass is 971 g/mol. The highest BCUT2D eigenvalue weighted by Gasteiger charge is 2.30. The van der Waals surface area contributed by atoms with Gasteiger partial charge in [0.1, 0.15) is 75.6 Å². The SMILES string of the molecule is [Br-].c1ccc(C[N+]2(Cc3ccccc3)CCOc3ccc4ccccc4c3-c3c(ccc4ccccc34)OCCOCCOc3ccc4ccccc4c3-c3c(ccc4ccccc34)OCC2)cc1. The molecule has 0 aliphatic carbocycles. The normalized spacial score (nSPS) is 14.4. The number of hydrogen-bond acceptors (Lipinski definition) is 5. The lowest BCUT2D eigenvalue weighted by molar-refractivity contribution is -0.953. The lowest BCUT2D eigenvalue weighted by Crippen LogP contribution is -3.00. The number of quaternary nitrogens is 1. The van der Waals surface area contributed by atoms with Crippen LogP contribution in [0.3, 0.4) is 0 Å². The van der Waals surface area contributed by atoms with E-state index in [1.165, 1.54) is 11.1 Å². The summed E-state index contributed by atoms with van der Waals surface area (Å²) in [4.78, 5) is 0. The molecule has 11 rings (SSSR count). The molecule has 0 radical (unpaired) electrons. The van der Waals surface area contributed by atoms with E-state index in [0.29, 0.717) is 44.1 Å². The second-order valence-corrected chi connectivity index (χ2v) is 17.7. The van der Waals surface area contributed by atoms with E-state index in [9.17, 15) is 0 Å². The van der Waals surface area contributed by atoms with Crippen LogP contribution in [0.25, 0.3) is 65.3 Å². The Morgan fingerprint density at radius 1 is 0.290 bits per heavy atom. The molecule has 0 atom stereocenters. The summed E-state index contributed by atoms with van der Waals surface area (Å²) < 4.78 is 34.7. The average molecular weight is 973 g/mol. The van der Waals surface area contributed by atoms with Crippen LogP contribution in [-0.4, -0.2) is 57.2 Å². The number of ether oxygens (including phenoxy) is 5. The zero-order valence-electron chi connectivity index (χ0n) is 38.6. The van der Waals surface area contributed by atoms with Gasteiger partial charge in [-0.15, -0.1) is 0 Å². The fourth-order valence-corrected chi connectivity index (χ4v) is 10.2. The summed E-state index contributed by atoms with van der Waals surface area (Å²) in [7, 11) is 0. The van der Waals surface area contributed by atoms with Gasteiger partial charge in [0.05, 0.1) is 13.2 Å². The van der Waals surface area contributed by atoms with Gasteiger partial charge in [-0.1, -0.05) is 182 Å². The molecule has 0 saturated carbocycles. The van der Waals surface area contributed by atoms with E-state index in [1.54, 1.807) is 0 Å². The molecule has 10 aromatic carbocycles. The zero-order valence-corrected chi connectivity index (χ0v) is 40.2. The fraction of sp³-hybridized carbons (Fsp3) is 0.161. The van der Waals surface area contributed by atoms with Crippen molar-refractivity contribution in [2.45, 2.75) is 13.1 Å². The van der Waals surface area contributed by atoms with Gasteiger partial charge in [-0.05, 0) is 67.4 Å². The van der Waals surface area contributed by atoms with E-state index in [0.717, 1.165) is 115 Å². The number of fused-ring (bicyclic) bond motifs is 14. The first kappa shape index (κ1) is 45.6. The highest BCUT2D eigenvalue weighted by Crippen LogP contribution is 2.47. The van der Waals surface area contributed by atoms with E-state index in [-0.39, 0.29) is 17.0 Å². The van der Waals surface area contributed by atoms with Crippen LogP contribution < -0.4 is 35.9 Å². The summed E-state index contributed by atoms with van der Waals surface area (Å²) in [5.74, 6) is 3.21. The van der Waals surface area contributed by atoms with Gasteiger partial charge >= 0.3 is 0 Å². The van der Waals surface area contributed by atoms with Crippen LogP contribution in [0.2, 0.25) is 0 Å². The molecule has 0 fully saturated rings. The third-order valence-corrected chi connectivity index (χ3v) is 13.4. The van der Waals surface area contributed by atoms with Crippen molar-refractivity contribution < 1.29 is 45.1 Å². The summed E-state index contributed by atoms with van der Waals surface area (Å²) in [5.41, 5.74) is 6.60. The Morgan fingerprint density at radius 2 is 0.580 bits per heavy atom. The van der Waals surface area contributed by atoms with Gasteiger partial charge in [0, 0.05) is 33.4 Å². The number of nitrogens with zero attached hydrogens (tertiary/aromatic N) is 1. The molecule has 0 bridgehead atoms. The van der Waals surface area contributed by atoms with Crippen LogP contribution in [-0.2, 0) is 17.8 Å². The molecule has 1 heterocycles. The first-order valence-corrected chi connectivity index (χ1v) is 23.8. The highest BCUT2D eigenvalue weighted by molar-refractivity contribution is 6.11. The summed E-state index contributed by atoms with van der Waals surface area (Å²) in [6.45, 7) is 5.49. The summed E-state index contributed by atoms with van der Waals surface area (Å²) in [6.07, 6.45) is 0. The van der Waals surface area contributed by atoms with Gasteiger partial charge in [-0.2, -0.15) is 0 Å². The number of benzene rings is 10. The molecule has 6 nitrogen and oxygen atoms in total. The molecule has 1 aliphatic heterocycles. The Kier molecular flexibility index (Phi) is 13.9. The Balaban J connectivity index is 0.00000553. The molecule has 7 heteroatoms. The molecule has 0 saturated heterocycles. The topological polar surface area (TPSA) is 46.2 Å². The van der Waals surface area contributed by atoms with Crippen molar-refractivity contribution in [1.29, 1.82) is 0 Å². The van der Waals surface area contributed by atoms with Crippen molar-refractivity contribution in [3.63, 3.8) is 0 Å². The standard InChI is InChI=1S/C62H54NO5.BrH/c1-3-15-45(16-4-1)43-63(44-46-17-5-2-6-18-46)35-37-65-55-31-27-47-19-7-11-23-51(47)59(55)61-53-25-13-9-21-49(53)29-33-57(61)67-41-39-64-40-42-68-58-34-30-50-22-10-14-26-54(50)62(58)60-52-24-12-8-20-48(52)28-32-56(60)66-38-36-63;/h1-34H,35-44H2;1H/q+1;/p-1.